The molecule has 1 heteroatoms. The van der Waals surface area contributed by atoms with E-state index < -0.39 is 5.41 Å². The lowest BCUT2D eigenvalue weighted by atomic mass is 9.66. The zero-order valence-corrected chi connectivity index (χ0v) is 35.5. The van der Waals surface area contributed by atoms with E-state index in [1.807, 2.05) is 0 Å². The zero-order valence-electron chi connectivity index (χ0n) is 35.5. The molecule has 0 aromatic heterocycles. The third kappa shape index (κ3) is 5.70. The molecule has 0 spiro atoms. The molecule has 1 nitrogen and oxygen atoms in total. The van der Waals surface area contributed by atoms with Gasteiger partial charge in [0.25, 0.3) is 0 Å². The van der Waals surface area contributed by atoms with Crippen molar-refractivity contribution in [3.05, 3.63) is 270 Å². The van der Waals surface area contributed by atoms with E-state index in [0.717, 1.165) is 17.1 Å². The third-order valence-corrected chi connectivity index (χ3v) is 14.0. The summed E-state index contributed by atoms with van der Waals surface area (Å²) in [6.07, 6.45) is 0. The van der Waals surface area contributed by atoms with Gasteiger partial charge in [0.2, 0.25) is 0 Å². The van der Waals surface area contributed by atoms with Crippen LogP contribution in [0.1, 0.15) is 47.2 Å². The second-order valence-corrected chi connectivity index (χ2v) is 17.6. The van der Waals surface area contributed by atoms with Gasteiger partial charge in [-0.25, -0.2) is 0 Å². The number of benzene rings is 10. The van der Waals surface area contributed by atoms with Gasteiger partial charge in [-0.1, -0.05) is 214 Å². The largest absolute Gasteiger partial charge is 0.310 e. The fourth-order valence-electron chi connectivity index (χ4n) is 11.0. The van der Waals surface area contributed by atoms with Crippen LogP contribution in [0.2, 0.25) is 0 Å². The van der Waals surface area contributed by atoms with Crippen LogP contribution in [0.4, 0.5) is 17.1 Å². The lowest BCUT2D eigenvalue weighted by Crippen LogP contribution is -2.29. The lowest BCUT2D eigenvalue weighted by Gasteiger charge is -2.35. The summed E-state index contributed by atoms with van der Waals surface area (Å²) in [5, 5.41) is 2.52. The zero-order chi connectivity index (χ0) is 42.1. The van der Waals surface area contributed by atoms with Crippen molar-refractivity contribution in [2.45, 2.75) is 24.7 Å². The highest BCUT2D eigenvalue weighted by Gasteiger charge is 2.47. The maximum atomic E-state index is 2.53. The van der Waals surface area contributed by atoms with Crippen LogP contribution in [0.3, 0.4) is 0 Å². The summed E-state index contributed by atoms with van der Waals surface area (Å²) in [6.45, 7) is 4.82. The molecule has 10 aromatic rings. The molecule has 2 aliphatic rings. The van der Waals surface area contributed by atoms with Crippen LogP contribution < -0.4 is 4.90 Å². The fraction of sp³-hybridized carbons (Fsp3) is 0.0645. The summed E-state index contributed by atoms with van der Waals surface area (Å²) in [6, 6.07) is 87.7. The van der Waals surface area contributed by atoms with Crippen LogP contribution in [-0.2, 0) is 10.8 Å². The molecule has 0 radical (unpaired) electrons. The van der Waals surface area contributed by atoms with Crippen LogP contribution in [0.15, 0.2) is 237 Å². The Morgan fingerprint density at radius 2 is 0.778 bits per heavy atom. The van der Waals surface area contributed by atoms with E-state index >= 15 is 0 Å². The van der Waals surface area contributed by atoms with Gasteiger partial charge in [-0.05, 0) is 125 Å². The Balaban J connectivity index is 0.986. The molecule has 298 valence electrons. The highest BCUT2D eigenvalue weighted by molar-refractivity contribution is 5.97. The van der Waals surface area contributed by atoms with Crippen LogP contribution >= 0.6 is 0 Å². The predicted octanol–water partition coefficient (Wildman–Crippen LogP) is 16.3. The van der Waals surface area contributed by atoms with Gasteiger partial charge < -0.3 is 4.90 Å². The number of nitrogens with zero attached hydrogens (tertiary/aromatic N) is 1. The van der Waals surface area contributed by atoms with Crippen molar-refractivity contribution in [1.82, 2.24) is 0 Å². The molecule has 0 unspecified atom stereocenters. The molecule has 0 saturated carbocycles. The minimum Gasteiger partial charge on any atom is -0.310 e. The molecule has 0 fully saturated rings. The number of hydrogen-bond acceptors (Lipinski definition) is 1. The smallest absolute Gasteiger partial charge is 0.0713 e. The summed E-state index contributed by atoms with van der Waals surface area (Å²) >= 11 is 0. The second-order valence-electron chi connectivity index (χ2n) is 17.6. The van der Waals surface area contributed by atoms with Crippen LogP contribution in [-0.4, -0.2) is 0 Å². The van der Waals surface area contributed by atoms with Gasteiger partial charge >= 0.3 is 0 Å². The van der Waals surface area contributed by atoms with Gasteiger partial charge in [0, 0.05) is 22.5 Å². The third-order valence-electron chi connectivity index (χ3n) is 14.0. The summed E-state index contributed by atoms with van der Waals surface area (Å²) in [5.41, 5.74) is 20.8. The number of anilines is 3. The molecule has 12 rings (SSSR count). The number of rotatable bonds is 7. The van der Waals surface area contributed by atoms with Gasteiger partial charge in [-0.3, -0.25) is 0 Å². The maximum Gasteiger partial charge on any atom is 0.0713 e. The minimum absolute atomic E-state index is 0.257. The van der Waals surface area contributed by atoms with E-state index in [0.29, 0.717) is 0 Å². The SMILES string of the molecule is CC1(C)c2cc(N(c3ccc(-c4ccccc4)cc3)c3ccc(-c4cccc5ccccc45)cc3)ccc2-c2ccc(C3(c4ccccc4)c4ccccc4-c4ccccc43)cc21. The first-order valence-corrected chi connectivity index (χ1v) is 22.1. The quantitative estimate of drug-likeness (QED) is 0.155. The van der Waals surface area contributed by atoms with Crippen molar-refractivity contribution in [3.63, 3.8) is 0 Å². The summed E-state index contributed by atoms with van der Waals surface area (Å²) < 4.78 is 0. The summed E-state index contributed by atoms with van der Waals surface area (Å²) in [4.78, 5) is 2.42. The molecule has 0 saturated heterocycles. The van der Waals surface area contributed by atoms with Gasteiger partial charge in [0.1, 0.15) is 0 Å². The van der Waals surface area contributed by atoms with Crippen LogP contribution in [0.25, 0.3) is 55.3 Å². The predicted molar refractivity (Wildman–Crippen MR) is 264 cm³/mol. The van der Waals surface area contributed by atoms with Gasteiger partial charge in [0.15, 0.2) is 0 Å². The van der Waals surface area contributed by atoms with E-state index in [4.69, 9.17) is 0 Å². The van der Waals surface area contributed by atoms with E-state index in [9.17, 15) is 0 Å². The molecule has 0 amide bonds. The van der Waals surface area contributed by atoms with Crippen molar-refractivity contribution in [2.24, 2.45) is 0 Å². The molecule has 63 heavy (non-hydrogen) atoms. The average Bonchev–Trinajstić information content (AvgIpc) is 3.77. The van der Waals surface area contributed by atoms with Crippen molar-refractivity contribution >= 4 is 27.8 Å². The average molecular weight is 804 g/mol. The molecule has 10 aromatic carbocycles. The number of fused-ring (bicyclic) bond motifs is 7. The fourth-order valence-corrected chi connectivity index (χ4v) is 11.0. The first kappa shape index (κ1) is 37.1. The normalized spacial score (nSPS) is 13.8. The molecular weight excluding hydrogens is 759 g/mol. The van der Waals surface area contributed by atoms with Crippen LogP contribution in [0.5, 0.6) is 0 Å². The van der Waals surface area contributed by atoms with Crippen molar-refractivity contribution in [1.29, 1.82) is 0 Å². The Morgan fingerprint density at radius 1 is 0.302 bits per heavy atom. The van der Waals surface area contributed by atoms with E-state index in [-0.39, 0.29) is 5.41 Å². The summed E-state index contributed by atoms with van der Waals surface area (Å²) in [7, 11) is 0. The highest BCUT2D eigenvalue weighted by Crippen LogP contribution is 2.58. The molecule has 2 aliphatic carbocycles. The lowest BCUT2D eigenvalue weighted by molar-refractivity contribution is 0.655. The Labute approximate surface area is 370 Å². The van der Waals surface area contributed by atoms with Crippen molar-refractivity contribution in [3.8, 4) is 44.5 Å². The molecular formula is C62H45N. The first-order chi connectivity index (χ1) is 31.0. The highest BCUT2D eigenvalue weighted by atomic mass is 15.1. The first-order valence-electron chi connectivity index (χ1n) is 22.1. The van der Waals surface area contributed by atoms with Crippen LogP contribution in [0, 0.1) is 0 Å². The van der Waals surface area contributed by atoms with E-state index in [2.05, 4.69) is 255 Å². The van der Waals surface area contributed by atoms with Crippen molar-refractivity contribution in [2.75, 3.05) is 4.90 Å². The second kappa shape index (κ2) is 14.4. The Hall–Kier alpha value is -7.74. The standard InChI is InChI=1S/C62H45N/c1-61(2)59-40-47(62(46-20-7-4-8-21-46)57-26-13-11-23-53(57)54-24-12-14-27-58(54)62)32-38-55(59)56-39-37-50(41-60(56)61)63(48-33-28-43(29-34-48)42-16-5-3-6-17-42)49-35-30-45(31-36-49)52-25-15-19-44-18-9-10-22-51(44)52/h3-41H,1-2H3. The minimum atomic E-state index is -0.444. The monoisotopic (exact) mass is 803 g/mol. The van der Waals surface area contributed by atoms with Gasteiger partial charge in [0.05, 0.1) is 5.41 Å². The Kier molecular flexibility index (Phi) is 8.49. The maximum absolute atomic E-state index is 2.53. The topological polar surface area (TPSA) is 3.24 Å². The molecule has 0 aliphatic heterocycles. The van der Waals surface area contributed by atoms with E-state index in [1.54, 1.807) is 0 Å². The van der Waals surface area contributed by atoms with Gasteiger partial charge in [-0.2, -0.15) is 0 Å². The molecule has 0 heterocycles. The van der Waals surface area contributed by atoms with E-state index in [1.165, 1.54) is 88.7 Å². The van der Waals surface area contributed by atoms with Gasteiger partial charge in [-0.15, -0.1) is 0 Å². The molecule has 0 atom stereocenters. The number of hydrogen-bond donors (Lipinski definition) is 0. The Bertz CT molecular complexity index is 3290. The Morgan fingerprint density at radius 3 is 1.46 bits per heavy atom. The molecule has 0 bridgehead atoms. The molecule has 0 N–H and O–H groups in total. The van der Waals surface area contributed by atoms with Crippen molar-refractivity contribution < 1.29 is 0 Å². The summed E-state index contributed by atoms with van der Waals surface area (Å²) in [5.74, 6) is 0.